The van der Waals surface area contributed by atoms with Gasteiger partial charge in [-0.3, -0.25) is 0 Å². The molecule has 3 rings (SSSR count). The lowest BCUT2D eigenvalue weighted by atomic mass is 10.2. The highest BCUT2D eigenvalue weighted by Gasteiger charge is 2.16. The summed E-state index contributed by atoms with van der Waals surface area (Å²) in [5.74, 6) is -0.0349. The molecule has 0 bridgehead atoms. The number of hydrogen-bond donors (Lipinski definition) is 1. The fraction of sp³-hybridized carbons (Fsp3) is 0.0625. The zero-order valence-electron chi connectivity index (χ0n) is 11.0. The van der Waals surface area contributed by atoms with Crippen LogP contribution in [0.5, 0.6) is 10.8 Å². The Morgan fingerprint density at radius 1 is 1.05 bits per heavy atom. The number of rotatable bonds is 3. The third-order valence-corrected chi connectivity index (χ3v) is 3.95. The lowest BCUT2D eigenvalue weighted by Crippen LogP contribution is -2.09. The fourth-order valence-corrected chi connectivity index (χ4v) is 2.84. The first-order valence-corrected chi connectivity index (χ1v) is 7.15. The molecule has 5 heteroatoms. The summed E-state index contributed by atoms with van der Waals surface area (Å²) in [6, 6.07) is 16.6. The Balaban J connectivity index is 1.67. The van der Waals surface area contributed by atoms with Gasteiger partial charge < -0.3 is 14.6 Å². The summed E-state index contributed by atoms with van der Waals surface area (Å²) in [5, 5.41) is 10.8. The molecule has 0 atom stereocenters. The quantitative estimate of drug-likeness (QED) is 0.732. The van der Waals surface area contributed by atoms with E-state index in [1.54, 1.807) is 6.07 Å². The van der Waals surface area contributed by atoms with Crippen LogP contribution in [0.1, 0.15) is 5.56 Å². The van der Waals surface area contributed by atoms with Gasteiger partial charge in [-0.25, -0.2) is 4.79 Å². The first kappa shape index (κ1) is 13.5. The van der Waals surface area contributed by atoms with Crippen LogP contribution in [0.25, 0.3) is 10.1 Å². The highest BCUT2D eigenvalue weighted by Crippen LogP contribution is 2.43. The number of carbonyl (C=O) groups excluding carboxylic acids is 1. The van der Waals surface area contributed by atoms with Gasteiger partial charge >= 0.3 is 6.16 Å². The highest BCUT2D eigenvalue weighted by atomic mass is 32.1. The predicted molar refractivity (Wildman–Crippen MR) is 80.7 cm³/mol. The van der Waals surface area contributed by atoms with E-state index in [1.807, 2.05) is 48.5 Å². The maximum Gasteiger partial charge on any atom is 0.515 e. The van der Waals surface area contributed by atoms with Crippen LogP contribution >= 0.6 is 11.3 Å². The topological polar surface area (TPSA) is 55.8 Å². The Bertz CT molecular complexity index is 764. The van der Waals surface area contributed by atoms with Crippen molar-refractivity contribution in [3.8, 4) is 10.8 Å². The molecule has 1 N–H and O–H groups in total. The molecule has 0 aliphatic rings. The molecule has 0 amide bonds. The van der Waals surface area contributed by atoms with Gasteiger partial charge in [0.2, 0.25) is 5.06 Å². The van der Waals surface area contributed by atoms with Gasteiger partial charge in [-0.1, -0.05) is 53.8 Å². The Labute approximate surface area is 125 Å². The second-order valence-corrected chi connectivity index (χ2v) is 5.38. The minimum absolute atomic E-state index is 0.0349. The zero-order valence-corrected chi connectivity index (χ0v) is 11.8. The molecule has 0 spiro atoms. The standard InChI is InChI=1S/C16H12O4S/c17-14-12-8-4-5-9-13(12)21-15(14)20-16(18)19-10-11-6-2-1-3-7-11/h1-9,17H,10H2. The SMILES string of the molecule is O=C(OCc1ccccc1)Oc1sc2ccccc2c1O. The molecular formula is C16H12O4S. The van der Waals surface area contributed by atoms with E-state index in [0.717, 1.165) is 10.3 Å². The molecule has 0 unspecified atom stereocenters. The maximum atomic E-state index is 11.7. The molecular weight excluding hydrogens is 288 g/mol. The lowest BCUT2D eigenvalue weighted by molar-refractivity contribution is 0.0931. The van der Waals surface area contributed by atoms with Crippen molar-refractivity contribution in [2.75, 3.05) is 0 Å². The summed E-state index contributed by atoms with van der Waals surface area (Å²) >= 11 is 1.20. The number of carbonyl (C=O) groups is 1. The summed E-state index contributed by atoms with van der Waals surface area (Å²) < 4.78 is 10.9. The van der Waals surface area contributed by atoms with Crippen LogP contribution < -0.4 is 4.74 Å². The predicted octanol–water partition coefficient (Wildman–Crippen LogP) is 4.32. The Morgan fingerprint density at radius 3 is 2.52 bits per heavy atom. The van der Waals surface area contributed by atoms with E-state index in [9.17, 15) is 9.90 Å². The largest absolute Gasteiger partial charge is 0.515 e. The van der Waals surface area contributed by atoms with Gasteiger partial charge in [0.1, 0.15) is 6.61 Å². The monoisotopic (exact) mass is 300 g/mol. The van der Waals surface area contributed by atoms with E-state index in [-0.39, 0.29) is 17.4 Å². The minimum Gasteiger partial charge on any atom is -0.503 e. The summed E-state index contributed by atoms with van der Waals surface area (Å²) in [4.78, 5) is 11.7. The second-order valence-electron chi connectivity index (χ2n) is 4.36. The van der Waals surface area contributed by atoms with E-state index in [0.29, 0.717) is 5.39 Å². The molecule has 0 saturated carbocycles. The summed E-state index contributed by atoms with van der Waals surface area (Å²) in [6.45, 7) is 0.130. The molecule has 0 radical (unpaired) electrons. The third kappa shape index (κ3) is 2.98. The Morgan fingerprint density at radius 2 is 1.76 bits per heavy atom. The van der Waals surface area contributed by atoms with Gasteiger partial charge in [-0.2, -0.15) is 0 Å². The van der Waals surface area contributed by atoms with Crippen molar-refractivity contribution in [1.82, 2.24) is 0 Å². The smallest absolute Gasteiger partial charge is 0.503 e. The molecule has 1 aromatic heterocycles. The first-order valence-electron chi connectivity index (χ1n) is 6.33. The Hall–Kier alpha value is -2.53. The van der Waals surface area contributed by atoms with Gasteiger partial charge in [0.05, 0.1) is 0 Å². The van der Waals surface area contributed by atoms with Gasteiger partial charge in [0.25, 0.3) is 0 Å². The molecule has 0 saturated heterocycles. The van der Waals surface area contributed by atoms with Crippen molar-refractivity contribution in [3.05, 3.63) is 60.2 Å². The van der Waals surface area contributed by atoms with Crippen LogP contribution in [-0.4, -0.2) is 11.3 Å². The van der Waals surface area contributed by atoms with Crippen molar-refractivity contribution in [1.29, 1.82) is 0 Å². The van der Waals surface area contributed by atoms with E-state index in [1.165, 1.54) is 11.3 Å². The van der Waals surface area contributed by atoms with Crippen molar-refractivity contribution in [3.63, 3.8) is 0 Å². The van der Waals surface area contributed by atoms with Crippen LogP contribution in [0.2, 0.25) is 0 Å². The molecule has 2 aromatic carbocycles. The van der Waals surface area contributed by atoms with Crippen LogP contribution in [-0.2, 0) is 11.3 Å². The fourth-order valence-electron chi connectivity index (χ4n) is 1.90. The van der Waals surface area contributed by atoms with Crippen LogP contribution in [0.4, 0.5) is 4.79 Å². The number of aromatic hydroxyl groups is 1. The van der Waals surface area contributed by atoms with Gasteiger partial charge in [-0.15, -0.1) is 0 Å². The summed E-state index contributed by atoms with van der Waals surface area (Å²) in [7, 11) is 0. The number of fused-ring (bicyclic) bond motifs is 1. The van der Waals surface area contributed by atoms with Gasteiger partial charge in [0.15, 0.2) is 5.75 Å². The van der Waals surface area contributed by atoms with Crippen molar-refractivity contribution in [2.45, 2.75) is 6.61 Å². The summed E-state index contributed by atoms with van der Waals surface area (Å²) in [5.41, 5.74) is 0.870. The molecule has 1 heterocycles. The van der Waals surface area contributed by atoms with E-state index < -0.39 is 6.16 Å². The minimum atomic E-state index is -0.833. The summed E-state index contributed by atoms with van der Waals surface area (Å²) in [6.07, 6.45) is -0.833. The number of benzene rings is 2. The van der Waals surface area contributed by atoms with Gasteiger partial charge in [0, 0.05) is 10.1 Å². The second kappa shape index (κ2) is 5.85. The maximum absolute atomic E-state index is 11.7. The molecule has 0 fully saturated rings. The van der Waals surface area contributed by atoms with Crippen molar-refractivity contribution in [2.24, 2.45) is 0 Å². The number of ether oxygens (including phenoxy) is 2. The number of hydrogen-bond acceptors (Lipinski definition) is 5. The van der Waals surface area contributed by atoms with E-state index >= 15 is 0 Å². The van der Waals surface area contributed by atoms with Crippen molar-refractivity contribution >= 4 is 27.6 Å². The molecule has 0 aliphatic carbocycles. The Kier molecular flexibility index (Phi) is 3.75. The highest BCUT2D eigenvalue weighted by molar-refractivity contribution is 7.21. The van der Waals surface area contributed by atoms with Crippen molar-refractivity contribution < 1.29 is 19.4 Å². The zero-order chi connectivity index (χ0) is 14.7. The van der Waals surface area contributed by atoms with Crippen LogP contribution in [0.3, 0.4) is 0 Å². The normalized spacial score (nSPS) is 10.5. The third-order valence-electron chi connectivity index (χ3n) is 2.91. The van der Waals surface area contributed by atoms with Gasteiger partial charge in [-0.05, 0) is 17.7 Å². The van der Waals surface area contributed by atoms with E-state index in [4.69, 9.17) is 9.47 Å². The molecule has 21 heavy (non-hydrogen) atoms. The molecule has 106 valence electrons. The molecule has 3 aromatic rings. The lowest BCUT2D eigenvalue weighted by Gasteiger charge is -2.04. The molecule has 4 nitrogen and oxygen atoms in total. The van der Waals surface area contributed by atoms with E-state index in [2.05, 4.69) is 0 Å². The van der Waals surface area contributed by atoms with Crippen LogP contribution in [0.15, 0.2) is 54.6 Å². The molecule has 0 aliphatic heterocycles. The number of thiophene rings is 1. The first-order chi connectivity index (χ1) is 10.2. The average molecular weight is 300 g/mol. The van der Waals surface area contributed by atoms with Crippen LogP contribution in [0, 0.1) is 0 Å². The average Bonchev–Trinajstić information content (AvgIpc) is 2.83.